The highest BCUT2D eigenvalue weighted by atomic mass is 35.5. The Hall–Kier alpha value is -2.18. The average Bonchev–Trinajstić information content (AvgIpc) is 2.61. The number of fused-ring (bicyclic) bond motifs is 1. The summed E-state index contributed by atoms with van der Waals surface area (Å²) in [5, 5.41) is 0.602. The summed E-state index contributed by atoms with van der Waals surface area (Å²) in [4.78, 5) is 12.4. The summed E-state index contributed by atoms with van der Waals surface area (Å²) in [6.45, 7) is 2.60. The maximum absolute atomic E-state index is 13.1. The predicted molar refractivity (Wildman–Crippen MR) is 100.0 cm³/mol. The van der Waals surface area contributed by atoms with E-state index in [-0.39, 0.29) is 15.2 Å². The number of hydrogen-bond donors (Lipinski definition) is 0. The predicted octanol–water partition coefficient (Wildman–Crippen LogP) is 4.43. The fraction of sp³-hybridized carbons (Fsp3) is 0.211. The molecule has 0 aliphatic carbocycles. The molecule has 2 aromatic carbocycles. The number of benzene rings is 2. The van der Waals surface area contributed by atoms with E-state index in [9.17, 15) is 17.6 Å². The second-order valence-electron chi connectivity index (χ2n) is 5.99. The second kappa shape index (κ2) is 7.21. The molecule has 0 aliphatic heterocycles. The second-order valence-corrected chi connectivity index (χ2v) is 8.34. The molecule has 0 bridgehead atoms. The molecule has 3 rings (SSSR count). The van der Waals surface area contributed by atoms with Crippen molar-refractivity contribution in [1.29, 1.82) is 0 Å². The molecule has 0 saturated heterocycles. The van der Waals surface area contributed by atoms with Crippen LogP contribution in [0.1, 0.15) is 19.8 Å². The molecule has 3 aromatic rings. The largest absolute Gasteiger partial charge is 0.346 e. The molecule has 0 aliphatic rings. The molecular weight excluding hydrogens is 377 g/mol. The monoisotopic (exact) mass is 393 g/mol. The van der Waals surface area contributed by atoms with Crippen molar-refractivity contribution in [2.75, 3.05) is 0 Å². The van der Waals surface area contributed by atoms with Gasteiger partial charge in [-0.2, -0.15) is 0 Å². The van der Waals surface area contributed by atoms with E-state index >= 15 is 0 Å². The van der Waals surface area contributed by atoms with Gasteiger partial charge in [0, 0.05) is 23.2 Å². The Labute approximate surface area is 155 Å². The van der Waals surface area contributed by atoms with Gasteiger partial charge in [-0.1, -0.05) is 24.9 Å². The summed E-state index contributed by atoms with van der Waals surface area (Å²) in [5.41, 5.74) is 0.0190. The summed E-state index contributed by atoms with van der Waals surface area (Å²) in [6, 6.07) is 9.28. The minimum Gasteiger partial charge on any atom is -0.346 e. The van der Waals surface area contributed by atoms with Gasteiger partial charge in [-0.15, -0.1) is 0 Å². The van der Waals surface area contributed by atoms with Crippen LogP contribution in [-0.2, 0) is 16.4 Å². The Morgan fingerprint density at radius 3 is 2.46 bits per heavy atom. The Morgan fingerprint density at radius 1 is 1.12 bits per heavy atom. The van der Waals surface area contributed by atoms with Crippen LogP contribution in [-0.4, -0.2) is 13.0 Å². The van der Waals surface area contributed by atoms with Gasteiger partial charge < -0.3 is 4.57 Å². The smallest absolute Gasteiger partial charge is 0.211 e. The van der Waals surface area contributed by atoms with E-state index < -0.39 is 21.1 Å². The van der Waals surface area contributed by atoms with E-state index in [0.29, 0.717) is 17.1 Å². The van der Waals surface area contributed by atoms with Crippen LogP contribution in [0, 0.1) is 5.82 Å². The van der Waals surface area contributed by atoms with Crippen molar-refractivity contribution in [3.05, 3.63) is 69.7 Å². The summed E-state index contributed by atoms with van der Waals surface area (Å²) in [7, 11) is -4.08. The fourth-order valence-electron chi connectivity index (χ4n) is 2.79. The summed E-state index contributed by atoms with van der Waals surface area (Å²) in [5.74, 6) is -0.547. The van der Waals surface area contributed by atoms with E-state index in [2.05, 4.69) is 0 Å². The third kappa shape index (κ3) is 3.39. The zero-order chi connectivity index (χ0) is 18.9. The van der Waals surface area contributed by atoms with Gasteiger partial charge in [0.1, 0.15) is 10.7 Å². The fourth-order valence-corrected chi connectivity index (χ4v) is 4.33. The van der Waals surface area contributed by atoms with Crippen LogP contribution in [0.25, 0.3) is 10.9 Å². The zero-order valence-electron chi connectivity index (χ0n) is 14.1. The van der Waals surface area contributed by atoms with Gasteiger partial charge >= 0.3 is 0 Å². The minimum atomic E-state index is -4.08. The van der Waals surface area contributed by atoms with E-state index in [1.807, 2.05) is 6.92 Å². The van der Waals surface area contributed by atoms with Crippen molar-refractivity contribution in [2.45, 2.75) is 36.1 Å². The van der Waals surface area contributed by atoms with Crippen LogP contribution in [0.3, 0.4) is 0 Å². The number of aryl methyl sites for hydroxylation is 1. The van der Waals surface area contributed by atoms with Gasteiger partial charge in [0.25, 0.3) is 0 Å². The number of halogens is 2. The minimum absolute atomic E-state index is 0.126. The van der Waals surface area contributed by atoms with Gasteiger partial charge in [0.15, 0.2) is 0 Å². The van der Waals surface area contributed by atoms with Crippen LogP contribution >= 0.6 is 11.6 Å². The number of sulfone groups is 1. The van der Waals surface area contributed by atoms with E-state index in [4.69, 9.17) is 11.6 Å². The molecule has 0 unspecified atom stereocenters. The quantitative estimate of drug-likeness (QED) is 0.602. The molecule has 1 aromatic heterocycles. The maximum atomic E-state index is 13.1. The molecule has 0 fully saturated rings. The Balaban J connectivity index is 2.30. The number of pyridine rings is 1. The summed E-state index contributed by atoms with van der Waals surface area (Å²) in [6.07, 6.45) is 3.12. The number of unbranched alkanes of at least 4 members (excludes halogenated alkanes) is 1. The van der Waals surface area contributed by atoms with E-state index in [1.54, 1.807) is 16.7 Å². The van der Waals surface area contributed by atoms with Crippen LogP contribution < -0.4 is 5.43 Å². The molecule has 0 amide bonds. The molecule has 0 N–H and O–H groups in total. The Bertz CT molecular complexity index is 1120. The number of hydrogen-bond acceptors (Lipinski definition) is 3. The lowest BCUT2D eigenvalue weighted by Crippen LogP contribution is -2.19. The molecular formula is C19H17ClFNO3S. The van der Waals surface area contributed by atoms with Gasteiger partial charge in [-0.05, 0) is 48.9 Å². The average molecular weight is 394 g/mol. The molecule has 0 saturated carbocycles. The van der Waals surface area contributed by atoms with Crippen LogP contribution in [0.5, 0.6) is 0 Å². The molecule has 7 heteroatoms. The molecule has 0 atom stereocenters. The van der Waals surface area contributed by atoms with Crippen molar-refractivity contribution in [1.82, 2.24) is 4.57 Å². The van der Waals surface area contributed by atoms with Gasteiger partial charge in [-0.25, -0.2) is 12.8 Å². The summed E-state index contributed by atoms with van der Waals surface area (Å²) >= 11 is 6.01. The number of nitrogens with zero attached hydrogens (tertiary/aromatic N) is 1. The molecule has 26 heavy (non-hydrogen) atoms. The lowest BCUT2D eigenvalue weighted by atomic mass is 10.2. The van der Waals surface area contributed by atoms with E-state index in [0.717, 1.165) is 37.1 Å². The molecule has 0 spiro atoms. The van der Waals surface area contributed by atoms with E-state index in [1.165, 1.54) is 12.3 Å². The highest BCUT2D eigenvalue weighted by Crippen LogP contribution is 2.23. The molecule has 4 nitrogen and oxygen atoms in total. The van der Waals surface area contributed by atoms with Crippen molar-refractivity contribution < 1.29 is 12.8 Å². The maximum Gasteiger partial charge on any atom is 0.211 e. The third-order valence-electron chi connectivity index (χ3n) is 4.18. The summed E-state index contributed by atoms with van der Waals surface area (Å²) < 4.78 is 40.8. The SMILES string of the molecule is CCCCn1cc(S(=O)(=O)c2ccc(F)cc2)c(=O)c2cc(Cl)ccc21. The number of aromatic nitrogens is 1. The van der Waals surface area contributed by atoms with Gasteiger partial charge in [0.2, 0.25) is 15.3 Å². The van der Waals surface area contributed by atoms with Crippen LogP contribution in [0.2, 0.25) is 5.02 Å². The first-order chi connectivity index (χ1) is 12.3. The van der Waals surface area contributed by atoms with Gasteiger partial charge in [-0.3, -0.25) is 4.79 Å². The Morgan fingerprint density at radius 2 is 1.81 bits per heavy atom. The lowest BCUT2D eigenvalue weighted by Gasteiger charge is -2.14. The first-order valence-corrected chi connectivity index (χ1v) is 10.0. The van der Waals surface area contributed by atoms with Crippen molar-refractivity contribution in [2.24, 2.45) is 0 Å². The van der Waals surface area contributed by atoms with Crippen molar-refractivity contribution in [3.8, 4) is 0 Å². The molecule has 0 radical (unpaired) electrons. The highest BCUT2D eigenvalue weighted by Gasteiger charge is 2.24. The van der Waals surface area contributed by atoms with Crippen LogP contribution in [0.15, 0.2) is 63.2 Å². The van der Waals surface area contributed by atoms with Crippen LogP contribution in [0.4, 0.5) is 4.39 Å². The topological polar surface area (TPSA) is 56.1 Å². The number of rotatable bonds is 5. The van der Waals surface area contributed by atoms with Crippen molar-refractivity contribution >= 4 is 32.3 Å². The van der Waals surface area contributed by atoms with Gasteiger partial charge in [0.05, 0.1) is 10.4 Å². The zero-order valence-corrected chi connectivity index (χ0v) is 15.6. The first kappa shape index (κ1) is 18.6. The Kier molecular flexibility index (Phi) is 5.16. The standard InChI is InChI=1S/C19H17ClFNO3S/c1-2-3-10-22-12-18(19(23)16-11-13(20)4-9-17(16)22)26(24,25)15-7-5-14(21)6-8-15/h4-9,11-12H,2-3,10H2,1H3. The first-order valence-electron chi connectivity index (χ1n) is 8.18. The normalized spacial score (nSPS) is 11.8. The molecule has 136 valence electrons. The van der Waals surface area contributed by atoms with Crippen molar-refractivity contribution in [3.63, 3.8) is 0 Å². The third-order valence-corrected chi connectivity index (χ3v) is 6.17. The highest BCUT2D eigenvalue weighted by molar-refractivity contribution is 7.91. The molecule has 1 heterocycles. The lowest BCUT2D eigenvalue weighted by molar-refractivity contribution is 0.590.